The summed E-state index contributed by atoms with van der Waals surface area (Å²) < 4.78 is 33.6. The first-order valence-corrected chi connectivity index (χ1v) is 20.9. The number of aromatic nitrogens is 1. The fraction of sp³-hybridized carbons (Fsp3) is 0.850. The highest BCUT2D eigenvalue weighted by molar-refractivity contribution is 6.32. The Kier molecular flexibility index (Phi) is 9.53. The van der Waals surface area contributed by atoms with Gasteiger partial charge in [0.25, 0.3) is 0 Å². The van der Waals surface area contributed by atoms with Gasteiger partial charge in [0.15, 0.2) is 23.8 Å². The molecule has 1 aromatic heterocycles. The molecule has 2 saturated carbocycles. The van der Waals surface area contributed by atoms with E-state index in [1.807, 2.05) is 13.8 Å². The molecular formula is C40H55Cl2NO10. The highest BCUT2D eigenvalue weighted by Gasteiger charge is 2.71. The lowest BCUT2D eigenvalue weighted by atomic mass is 9.56. The zero-order valence-electron chi connectivity index (χ0n) is 31.7. The number of pyridine rings is 1. The van der Waals surface area contributed by atoms with Crippen molar-refractivity contribution in [3.63, 3.8) is 0 Å². The maximum Gasteiger partial charge on any atom is 0.338 e. The van der Waals surface area contributed by atoms with Crippen LogP contribution in [0.3, 0.4) is 0 Å². The molecule has 10 fully saturated rings. The lowest BCUT2D eigenvalue weighted by Gasteiger charge is -2.61. The van der Waals surface area contributed by atoms with Crippen LogP contribution in [-0.2, 0) is 43.2 Å². The summed E-state index contributed by atoms with van der Waals surface area (Å²) in [5.41, 5.74) is -1.04. The molecule has 0 aromatic carbocycles. The van der Waals surface area contributed by atoms with Crippen LogP contribution in [0.15, 0.2) is 12.1 Å². The Morgan fingerprint density at radius 2 is 1.21 bits per heavy atom. The largest absolute Gasteiger partial charge is 0.462 e. The smallest absolute Gasteiger partial charge is 0.338 e. The van der Waals surface area contributed by atoms with E-state index in [1.54, 1.807) is 0 Å². The molecule has 0 N–H and O–H groups in total. The van der Waals surface area contributed by atoms with Crippen LogP contribution in [0.2, 0.25) is 10.3 Å². The molecule has 9 heterocycles. The fourth-order valence-electron chi connectivity index (χ4n) is 12.2. The van der Waals surface area contributed by atoms with Crippen molar-refractivity contribution in [3.05, 3.63) is 28.0 Å². The number of rotatable bonds is 7. The number of fused-ring (bicyclic) bond motifs is 4. The van der Waals surface area contributed by atoms with Gasteiger partial charge >= 0.3 is 5.97 Å². The topological polar surface area (TPSA) is 113 Å². The average Bonchev–Trinajstić information content (AvgIpc) is 3.49. The van der Waals surface area contributed by atoms with Gasteiger partial charge in [-0.3, -0.25) is 0 Å². The number of carbonyl (C=O) groups excluding carboxylic acids is 1. The fourth-order valence-corrected chi connectivity index (χ4v) is 12.7. The Morgan fingerprint density at radius 1 is 0.736 bits per heavy atom. The number of esters is 1. The molecule has 0 amide bonds. The van der Waals surface area contributed by atoms with E-state index in [9.17, 15) is 4.79 Å². The summed E-state index contributed by atoms with van der Waals surface area (Å²) >= 11 is 12.3. The summed E-state index contributed by atoms with van der Waals surface area (Å²) in [5, 5.41) is 0.265. The third kappa shape index (κ3) is 6.04. The lowest BCUT2D eigenvalue weighted by Crippen LogP contribution is -2.70. The summed E-state index contributed by atoms with van der Waals surface area (Å²) in [6.45, 7) is 13.3. The molecule has 4 bridgehead atoms. The molecule has 2 spiro atoms. The predicted molar refractivity (Wildman–Crippen MR) is 191 cm³/mol. The molecule has 2 aliphatic carbocycles. The minimum Gasteiger partial charge on any atom is -0.462 e. The minimum atomic E-state index is -0.859. The number of halogens is 2. The summed E-state index contributed by atoms with van der Waals surface area (Å²) in [6, 6.07) is 2.96. The van der Waals surface area contributed by atoms with Crippen molar-refractivity contribution in [2.24, 2.45) is 53.3 Å². The molecule has 16 atom stereocenters. The summed E-state index contributed by atoms with van der Waals surface area (Å²) in [7, 11) is 0. The van der Waals surface area contributed by atoms with Crippen LogP contribution in [0.25, 0.3) is 0 Å². The molecule has 0 radical (unpaired) electrons. The second-order valence-corrected chi connectivity index (χ2v) is 19.1. The van der Waals surface area contributed by atoms with Crippen LogP contribution in [0.1, 0.15) is 116 Å². The Labute approximate surface area is 322 Å². The normalized spacial score (nSPS) is 50.3. The lowest BCUT2D eigenvalue weighted by molar-refractivity contribution is -0.571. The van der Waals surface area contributed by atoms with Gasteiger partial charge in [-0.05, 0) is 119 Å². The van der Waals surface area contributed by atoms with E-state index in [-0.39, 0.29) is 76.1 Å². The second kappa shape index (κ2) is 13.5. The van der Waals surface area contributed by atoms with Crippen LogP contribution in [0.5, 0.6) is 0 Å². The molecule has 53 heavy (non-hydrogen) atoms. The number of ether oxygens (including phenoxy) is 5. The van der Waals surface area contributed by atoms with Gasteiger partial charge in [0.1, 0.15) is 10.3 Å². The van der Waals surface area contributed by atoms with Crippen molar-refractivity contribution in [1.82, 2.24) is 4.98 Å². The number of carbonyl (C=O) groups is 1. The first-order valence-electron chi connectivity index (χ1n) is 20.1. The first kappa shape index (κ1) is 37.5. The monoisotopic (exact) mass is 779 g/mol. The van der Waals surface area contributed by atoms with Gasteiger partial charge in [-0.1, -0.05) is 50.9 Å². The molecule has 1 aromatic rings. The van der Waals surface area contributed by atoms with Gasteiger partial charge in [0, 0.05) is 24.7 Å². The van der Waals surface area contributed by atoms with Crippen LogP contribution < -0.4 is 0 Å². The van der Waals surface area contributed by atoms with Gasteiger partial charge in [0.2, 0.25) is 11.6 Å². The van der Waals surface area contributed by atoms with E-state index in [4.69, 9.17) is 66.4 Å². The Bertz CT molecular complexity index is 1490. The van der Waals surface area contributed by atoms with Gasteiger partial charge in [-0.2, -0.15) is 0 Å². The van der Waals surface area contributed by atoms with E-state index in [2.05, 4.69) is 32.7 Å². The molecular weight excluding hydrogens is 725 g/mol. The van der Waals surface area contributed by atoms with Crippen molar-refractivity contribution in [1.29, 1.82) is 0 Å². The Balaban J connectivity index is 1.00. The van der Waals surface area contributed by atoms with Crippen molar-refractivity contribution in [2.45, 2.75) is 153 Å². The van der Waals surface area contributed by atoms with Crippen molar-refractivity contribution < 1.29 is 48.0 Å². The molecule has 8 saturated heterocycles. The SMILES string of the molecule is C[C@H]1[C@@H](CC(COC(=O)c2cc(Cl)nc(Cl)c2)C[C@H]2O[C@@H]3O[C@@]4(C)CC[C@H]5[C@H](C)CC[C@@H]([C@H]2C)[C@@]35OO4)O[C@@H]2O[C@@]3(C)CC[C@H]4[C@H](C)CC[C@@H]1[C@@]24OO3. The zero-order valence-corrected chi connectivity index (χ0v) is 33.2. The maximum atomic E-state index is 13.5. The third-order valence-corrected chi connectivity index (χ3v) is 15.6. The molecule has 11 nitrogen and oxygen atoms in total. The molecule has 294 valence electrons. The van der Waals surface area contributed by atoms with Crippen molar-refractivity contribution >= 4 is 29.2 Å². The molecule has 10 aliphatic rings. The van der Waals surface area contributed by atoms with Crippen LogP contribution in [0, 0.1) is 53.3 Å². The van der Waals surface area contributed by atoms with E-state index < -0.39 is 41.3 Å². The predicted octanol–water partition coefficient (Wildman–Crippen LogP) is 8.44. The van der Waals surface area contributed by atoms with Gasteiger partial charge in [0.05, 0.1) is 24.4 Å². The van der Waals surface area contributed by atoms with E-state index >= 15 is 0 Å². The van der Waals surface area contributed by atoms with Crippen LogP contribution >= 0.6 is 23.2 Å². The van der Waals surface area contributed by atoms with Crippen molar-refractivity contribution in [3.8, 4) is 0 Å². The van der Waals surface area contributed by atoms with E-state index in [0.29, 0.717) is 24.7 Å². The average molecular weight is 781 g/mol. The number of nitrogens with zero attached hydrogens (tertiary/aromatic N) is 1. The molecule has 8 aliphatic heterocycles. The van der Waals surface area contributed by atoms with Crippen molar-refractivity contribution in [2.75, 3.05) is 6.61 Å². The number of hydrogen-bond donors (Lipinski definition) is 0. The Hall–Kier alpha value is -1.12. The van der Waals surface area contributed by atoms with E-state index in [1.165, 1.54) is 12.1 Å². The highest BCUT2D eigenvalue weighted by atomic mass is 35.5. The third-order valence-electron chi connectivity index (χ3n) is 15.2. The zero-order chi connectivity index (χ0) is 37.1. The highest BCUT2D eigenvalue weighted by Crippen LogP contribution is 2.63. The molecule has 11 rings (SSSR count). The standard InChI is InChI=1S/C40H55Cl2NO10/c1-20-7-9-28-22(3)30(46-35-39(28)26(20)11-13-37(5,48-35)50-52-39)15-24(19-45-34(44)25-17-32(41)43-33(42)18-25)16-31-23(4)29-10-8-21(2)27-12-14-38(6)49-36(47-31)40(27,29)53-51-38/h17-18,20-24,26-31,35-36H,7-16,19H2,1-6H3/t20-,21-,22-,23-,26+,27+,28+,29+,30-,31-,35-,36-,37-,38-,39-,40-/m1/s1. The van der Waals surface area contributed by atoms with Crippen LogP contribution in [-0.4, -0.2) is 65.1 Å². The van der Waals surface area contributed by atoms with E-state index in [0.717, 1.165) is 51.4 Å². The summed E-state index contributed by atoms with van der Waals surface area (Å²) in [4.78, 5) is 42.5. The van der Waals surface area contributed by atoms with Gasteiger partial charge in [-0.25, -0.2) is 29.3 Å². The molecule has 0 unspecified atom stereocenters. The summed E-state index contributed by atoms with van der Waals surface area (Å²) in [6.07, 6.45) is 7.57. The Morgan fingerprint density at radius 3 is 1.68 bits per heavy atom. The number of hydrogen-bond acceptors (Lipinski definition) is 11. The molecule has 13 heteroatoms. The summed E-state index contributed by atoms with van der Waals surface area (Å²) in [5.74, 6) is -0.146. The van der Waals surface area contributed by atoms with Gasteiger partial charge < -0.3 is 23.7 Å². The quantitative estimate of drug-likeness (QED) is 0.151. The van der Waals surface area contributed by atoms with Crippen LogP contribution in [0.4, 0.5) is 0 Å². The maximum absolute atomic E-state index is 13.5. The van der Waals surface area contributed by atoms with Gasteiger partial charge in [-0.15, -0.1) is 0 Å². The minimum absolute atomic E-state index is 0.113. The first-order chi connectivity index (χ1) is 25.2. The second-order valence-electron chi connectivity index (χ2n) is 18.3.